The summed E-state index contributed by atoms with van der Waals surface area (Å²) in [5, 5.41) is 6.55. The minimum absolute atomic E-state index is 0.297. The predicted molar refractivity (Wildman–Crippen MR) is 107 cm³/mol. The molecule has 1 N–H and O–H groups in total. The van der Waals surface area contributed by atoms with E-state index in [0.717, 1.165) is 41.2 Å². The minimum Gasteiger partial charge on any atom is -0.454 e. The summed E-state index contributed by atoms with van der Waals surface area (Å²) < 4.78 is 10.9. The number of ether oxygens (including phenoxy) is 2. The van der Waals surface area contributed by atoms with E-state index in [1.54, 1.807) is 17.7 Å². The van der Waals surface area contributed by atoms with Crippen molar-refractivity contribution in [3.63, 3.8) is 0 Å². The number of fused-ring (bicyclic) bond motifs is 2. The van der Waals surface area contributed by atoms with Gasteiger partial charge in [0.25, 0.3) is 0 Å². The Morgan fingerprint density at radius 2 is 1.85 bits per heavy atom. The van der Waals surface area contributed by atoms with Crippen LogP contribution in [0.3, 0.4) is 0 Å². The molecule has 0 bridgehead atoms. The predicted octanol–water partition coefficient (Wildman–Crippen LogP) is 4.62. The van der Waals surface area contributed by atoms with Gasteiger partial charge in [0.2, 0.25) is 6.79 Å². The third-order valence-electron chi connectivity index (χ3n) is 4.56. The number of rotatable bonds is 5. The Morgan fingerprint density at radius 3 is 2.78 bits per heavy atom. The maximum Gasteiger partial charge on any atom is 0.231 e. The lowest BCUT2D eigenvalue weighted by Crippen LogP contribution is -2.01. The highest BCUT2D eigenvalue weighted by Gasteiger charge is 2.13. The molecule has 27 heavy (non-hydrogen) atoms. The lowest BCUT2D eigenvalue weighted by atomic mass is 10.0. The zero-order valence-electron chi connectivity index (χ0n) is 14.5. The molecule has 134 valence electrons. The fraction of sp³-hybridized carbons (Fsp3) is 0.143. The van der Waals surface area contributed by atoms with Crippen molar-refractivity contribution in [2.24, 2.45) is 0 Å². The summed E-state index contributed by atoms with van der Waals surface area (Å²) in [7, 11) is 0. The molecule has 0 atom stereocenters. The molecule has 0 saturated carbocycles. The van der Waals surface area contributed by atoms with E-state index in [4.69, 9.17) is 9.47 Å². The molecule has 4 aromatic rings. The van der Waals surface area contributed by atoms with Gasteiger partial charge in [0.1, 0.15) is 12.1 Å². The van der Waals surface area contributed by atoms with Crippen LogP contribution in [0.1, 0.15) is 16.0 Å². The van der Waals surface area contributed by atoms with Crippen molar-refractivity contribution < 1.29 is 9.47 Å². The van der Waals surface area contributed by atoms with E-state index in [1.165, 1.54) is 16.0 Å². The molecular weight excluding hydrogens is 358 g/mol. The molecule has 5 nitrogen and oxygen atoms in total. The molecule has 0 fully saturated rings. The van der Waals surface area contributed by atoms with Crippen LogP contribution in [0, 0.1) is 0 Å². The fourth-order valence-electron chi connectivity index (χ4n) is 3.23. The van der Waals surface area contributed by atoms with Gasteiger partial charge < -0.3 is 14.8 Å². The van der Waals surface area contributed by atoms with Crippen molar-refractivity contribution in [2.45, 2.75) is 13.0 Å². The number of anilines is 1. The maximum absolute atomic E-state index is 5.48. The second kappa shape index (κ2) is 6.89. The van der Waals surface area contributed by atoms with Crippen molar-refractivity contribution in [3.05, 3.63) is 76.2 Å². The molecule has 0 aliphatic carbocycles. The van der Waals surface area contributed by atoms with Gasteiger partial charge in [-0.05, 0) is 53.3 Å². The third kappa shape index (κ3) is 3.31. The van der Waals surface area contributed by atoms with Crippen LogP contribution in [0.2, 0.25) is 0 Å². The first-order valence-corrected chi connectivity index (χ1v) is 9.61. The summed E-state index contributed by atoms with van der Waals surface area (Å²) in [5.74, 6) is 2.49. The summed E-state index contributed by atoms with van der Waals surface area (Å²) >= 11 is 1.73. The Bertz CT molecular complexity index is 1100. The van der Waals surface area contributed by atoms with Gasteiger partial charge in [0, 0.05) is 10.3 Å². The molecule has 6 heteroatoms. The normalized spacial score (nSPS) is 12.4. The monoisotopic (exact) mass is 375 g/mol. The molecule has 1 aliphatic rings. The summed E-state index contributed by atoms with van der Waals surface area (Å²) in [5.41, 5.74) is 3.33. The quantitative estimate of drug-likeness (QED) is 0.551. The van der Waals surface area contributed by atoms with Crippen LogP contribution >= 0.6 is 11.3 Å². The van der Waals surface area contributed by atoms with E-state index in [2.05, 4.69) is 57.1 Å². The van der Waals surface area contributed by atoms with Gasteiger partial charge in [-0.2, -0.15) is 0 Å². The molecule has 5 rings (SSSR count). The number of benzene rings is 2. The number of hydrogen-bond donors (Lipinski definition) is 1. The van der Waals surface area contributed by atoms with Gasteiger partial charge in [-0.15, -0.1) is 11.3 Å². The van der Waals surface area contributed by atoms with E-state index in [1.807, 2.05) is 12.1 Å². The standard InChI is InChI=1S/C21H17N3O2S/c1-2-16(27-7-1)11-22-21-17-9-14(3-5-18(17)23-12-24-21)8-15-4-6-19-20(10-15)26-13-25-19/h1-7,9-10,12H,8,11,13H2,(H,22,23,24). The van der Waals surface area contributed by atoms with Crippen LogP contribution in [-0.4, -0.2) is 16.8 Å². The van der Waals surface area contributed by atoms with Gasteiger partial charge >= 0.3 is 0 Å². The van der Waals surface area contributed by atoms with Gasteiger partial charge in [0.05, 0.1) is 12.1 Å². The largest absolute Gasteiger partial charge is 0.454 e. The SMILES string of the molecule is c1csc(CNc2ncnc3ccc(Cc4ccc5c(c4)OCO5)cc23)c1. The molecule has 2 aromatic heterocycles. The molecule has 2 aromatic carbocycles. The first-order chi connectivity index (χ1) is 13.3. The van der Waals surface area contributed by atoms with Crippen molar-refractivity contribution in [1.82, 2.24) is 9.97 Å². The third-order valence-corrected chi connectivity index (χ3v) is 5.43. The number of nitrogens with one attached hydrogen (secondary N) is 1. The van der Waals surface area contributed by atoms with Crippen molar-refractivity contribution >= 4 is 28.1 Å². The number of aromatic nitrogens is 2. The van der Waals surface area contributed by atoms with Crippen molar-refractivity contribution in [3.8, 4) is 11.5 Å². The first kappa shape index (κ1) is 16.1. The second-order valence-electron chi connectivity index (χ2n) is 6.37. The Labute approximate surface area is 160 Å². The van der Waals surface area contributed by atoms with E-state index in [-0.39, 0.29) is 0 Å². The van der Waals surface area contributed by atoms with Crippen molar-refractivity contribution in [1.29, 1.82) is 0 Å². The molecule has 1 aliphatic heterocycles. The number of nitrogens with zero attached hydrogens (tertiary/aromatic N) is 2. The van der Waals surface area contributed by atoms with Crippen LogP contribution in [0.5, 0.6) is 11.5 Å². The van der Waals surface area contributed by atoms with Gasteiger partial charge in [-0.25, -0.2) is 9.97 Å². The van der Waals surface area contributed by atoms with Crippen LogP contribution in [0.4, 0.5) is 5.82 Å². The van der Waals surface area contributed by atoms with Crippen molar-refractivity contribution in [2.75, 3.05) is 12.1 Å². The highest BCUT2D eigenvalue weighted by Crippen LogP contribution is 2.33. The highest BCUT2D eigenvalue weighted by atomic mass is 32.1. The Morgan fingerprint density at radius 1 is 0.963 bits per heavy atom. The van der Waals surface area contributed by atoms with E-state index in [0.29, 0.717) is 6.79 Å². The zero-order chi connectivity index (χ0) is 18.1. The summed E-state index contributed by atoms with van der Waals surface area (Å²) in [4.78, 5) is 10.1. The fourth-order valence-corrected chi connectivity index (χ4v) is 3.87. The highest BCUT2D eigenvalue weighted by molar-refractivity contribution is 7.09. The van der Waals surface area contributed by atoms with Crippen LogP contribution in [0.25, 0.3) is 10.9 Å². The number of thiophene rings is 1. The first-order valence-electron chi connectivity index (χ1n) is 8.73. The average Bonchev–Trinajstić information content (AvgIpc) is 3.37. The molecule has 3 heterocycles. The number of hydrogen-bond acceptors (Lipinski definition) is 6. The smallest absolute Gasteiger partial charge is 0.231 e. The topological polar surface area (TPSA) is 56.3 Å². The molecule has 0 amide bonds. The van der Waals surface area contributed by atoms with E-state index < -0.39 is 0 Å². The molecule has 0 spiro atoms. The average molecular weight is 375 g/mol. The van der Waals surface area contributed by atoms with E-state index in [9.17, 15) is 0 Å². The van der Waals surface area contributed by atoms with Crippen LogP contribution in [-0.2, 0) is 13.0 Å². The van der Waals surface area contributed by atoms with Gasteiger partial charge in [-0.1, -0.05) is 18.2 Å². The Hall–Kier alpha value is -3.12. The lowest BCUT2D eigenvalue weighted by Gasteiger charge is -2.09. The second-order valence-corrected chi connectivity index (χ2v) is 7.40. The zero-order valence-corrected chi connectivity index (χ0v) is 15.3. The van der Waals surface area contributed by atoms with E-state index >= 15 is 0 Å². The summed E-state index contributed by atoms with van der Waals surface area (Å²) in [6.07, 6.45) is 2.42. The van der Waals surface area contributed by atoms with Gasteiger partial charge in [-0.3, -0.25) is 0 Å². The summed E-state index contributed by atoms with van der Waals surface area (Å²) in [6.45, 7) is 1.06. The Kier molecular flexibility index (Phi) is 4.10. The molecule has 0 radical (unpaired) electrons. The summed E-state index contributed by atoms with van der Waals surface area (Å²) in [6, 6.07) is 16.6. The lowest BCUT2D eigenvalue weighted by molar-refractivity contribution is 0.174. The van der Waals surface area contributed by atoms with Crippen LogP contribution < -0.4 is 14.8 Å². The minimum atomic E-state index is 0.297. The maximum atomic E-state index is 5.48. The molecule has 0 unspecified atom stereocenters. The van der Waals surface area contributed by atoms with Gasteiger partial charge in [0.15, 0.2) is 11.5 Å². The molecule has 0 saturated heterocycles. The Balaban J connectivity index is 1.42. The molecular formula is C21H17N3O2S. The van der Waals surface area contributed by atoms with Crippen LogP contribution in [0.15, 0.2) is 60.2 Å².